The third kappa shape index (κ3) is 3.33. The number of hydrogen-bond acceptors (Lipinski definition) is 3. The highest BCUT2D eigenvalue weighted by atomic mass is 16.5. The van der Waals surface area contributed by atoms with Gasteiger partial charge in [-0.1, -0.05) is 13.0 Å². The fourth-order valence-corrected chi connectivity index (χ4v) is 3.19. The highest BCUT2D eigenvalue weighted by Crippen LogP contribution is 2.27. The Hall–Kier alpha value is -1.06. The molecule has 3 heteroatoms. The van der Waals surface area contributed by atoms with Crippen molar-refractivity contribution in [1.29, 1.82) is 0 Å². The van der Waals surface area contributed by atoms with Gasteiger partial charge >= 0.3 is 0 Å². The van der Waals surface area contributed by atoms with Crippen LogP contribution in [-0.2, 0) is 17.6 Å². The number of hydrogen-bond donors (Lipinski definition) is 1. The molecule has 1 aliphatic heterocycles. The Morgan fingerprint density at radius 2 is 2.05 bits per heavy atom. The minimum absolute atomic E-state index is 0.256. The quantitative estimate of drug-likeness (QED) is 0.866. The van der Waals surface area contributed by atoms with E-state index in [0.717, 1.165) is 31.7 Å². The van der Waals surface area contributed by atoms with Crippen LogP contribution in [0.3, 0.4) is 0 Å². The molecule has 110 valence electrons. The molecule has 3 nitrogen and oxygen atoms in total. The van der Waals surface area contributed by atoms with Gasteiger partial charge in [0, 0.05) is 6.54 Å². The Morgan fingerprint density at radius 3 is 2.95 bits per heavy atom. The summed E-state index contributed by atoms with van der Waals surface area (Å²) < 4.78 is 11.9. The highest BCUT2D eigenvalue weighted by molar-refractivity contribution is 5.38. The molecule has 3 rings (SSSR count). The van der Waals surface area contributed by atoms with Crippen molar-refractivity contribution in [2.75, 3.05) is 19.7 Å². The third-order valence-corrected chi connectivity index (χ3v) is 4.32. The number of ether oxygens (including phenoxy) is 2. The van der Waals surface area contributed by atoms with E-state index in [-0.39, 0.29) is 6.10 Å². The first-order chi connectivity index (χ1) is 9.85. The molecule has 0 saturated carbocycles. The number of fused-ring (bicyclic) bond motifs is 1. The molecular formula is C17H25NO2. The van der Waals surface area contributed by atoms with E-state index < -0.39 is 0 Å². The molecule has 1 aromatic carbocycles. The fourth-order valence-electron chi connectivity index (χ4n) is 3.19. The number of rotatable bonds is 6. The summed E-state index contributed by atoms with van der Waals surface area (Å²) in [4.78, 5) is 0. The van der Waals surface area contributed by atoms with Gasteiger partial charge in [-0.2, -0.15) is 0 Å². The number of aryl methyl sites for hydroxylation is 2. The summed E-state index contributed by atoms with van der Waals surface area (Å²) >= 11 is 0. The van der Waals surface area contributed by atoms with Gasteiger partial charge in [-0.25, -0.2) is 0 Å². The summed E-state index contributed by atoms with van der Waals surface area (Å²) in [6, 6.07) is 6.55. The zero-order valence-electron chi connectivity index (χ0n) is 12.4. The largest absolute Gasteiger partial charge is 0.491 e. The van der Waals surface area contributed by atoms with Gasteiger partial charge in [0.15, 0.2) is 0 Å². The van der Waals surface area contributed by atoms with Crippen LogP contribution in [0.4, 0.5) is 0 Å². The molecule has 20 heavy (non-hydrogen) atoms. The molecule has 1 saturated heterocycles. The highest BCUT2D eigenvalue weighted by Gasteiger charge is 2.25. The summed E-state index contributed by atoms with van der Waals surface area (Å²) in [5.74, 6) is 1.00. The van der Waals surface area contributed by atoms with Crippen LogP contribution >= 0.6 is 0 Å². The first-order valence-corrected chi connectivity index (χ1v) is 7.96. The second-order valence-corrected chi connectivity index (χ2v) is 5.86. The second kappa shape index (κ2) is 6.59. The third-order valence-electron chi connectivity index (χ3n) is 4.32. The average Bonchev–Trinajstić information content (AvgIpc) is 3.11. The summed E-state index contributed by atoms with van der Waals surface area (Å²) in [7, 11) is 0. The first-order valence-electron chi connectivity index (χ1n) is 7.96. The van der Waals surface area contributed by atoms with E-state index in [9.17, 15) is 0 Å². The maximum Gasteiger partial charge on any atom is 0.119 e. The summed E-state index contributed by atoms with van der Waals surface area (Å²) in [6.45, 7) is 4.78. The molecular weight excluding hydrogens is 250 g/mol. The van der Waals surface area contributed by atoms with Crippen LogP contribution in [0.1, 0.15) is 37.3 Å². The van der Waals surface area contributed by atoms with Gasteiger partial charge in [0.25, 0.3) is 0 Å². The van der Waals surface area contributed by atoms with E-state index in [0.29, 0.717) is 12.7 Å². The monoisotopic (exact) mass is 275 g/mol. The smallest absolute Gasteiger partial charge is 0.119 e. The Balaban J connectivity index is 1.46. The van der Waals surface area contributed by atoms with Crippen molar-refractivity contribution in [3.8, 4) is 5.75 Å². The molecule has 1 fully saturated rings. The van der Waals surface area contributed by atoms with E-state index in [1.54, 1.807) is 0 Å². The molecule has 2 unspecified atom stereocenters. The van der Waals surface area contributed by atoms with E-state index in [1.807, 2.05) is 0 Å². The van der Waals surface area contributed by atoms with Gasteiger partial charge < -0.3 is 14.8 Å². The molecule has 2 aliphatic rings. The minimum atomic E-state index is 0.256. The minimum Gasteiger partial charge on any atom is -0.491 e. The van der Waals surface area contributed by atoms with Crippen LogP contribution in [0.2, 0.25) is 0 Å². The van der Waals surface area contributed by atoms with Crippen molar-refractivity contribution in [1.82, 2.24) is 5.32 Å². The molecule has 0 amide bonds. The van der Waals surface area contributed by atoms with Crippen LogP contribution in [0, 0.1) is 0 Å². The summed E-state index contributed by atoms with van der Waals surface area (Å²) in [5.41, 5.74) is 2.97. The maximum absolute atomic E-state index is 5.99. The lowest BCUT2D eigenvalue weighted by molar-refractivity contribution is 0.0188. The topological polar surface area (TPSA) is 30.5 Å². The van der Waals surface area contributed by atoms with Gasteiger partial charge in [-0.3, -0.25) is 0 Å². The van der Waals surface area contributed by atoms with Gasteiger partial charge in [-0.15, -0.1) is 0 Å². The van der Waals surface area contributed by atoms with Crippen LogP contribution in [0.5, 0.6) is 5.75 Å². The predicted octanol–water partition coefficient (Wildman–Crippen LogP) is 2.71. The Labute approximate surface area is 121 Å². The van der Waals surface area contributed by atoms with Gasteiger partial charge in [0.05, 0.1) is 12.2 Å². The standard InChI is InChI=1S/C17H25NO2/c1-2-18-11-16-8-9-17(20-16)12-19-15-7-6-13-4-3-5-14(13)10-15/h6-7,10,16-18H,2-5,8-9,11-12H2,1H3. The van der Waals surface area contributed by atoms with Crippen molar-refractivity contribution in [3.63, 3.8) is 0 Å². The molecule has 0 radical (unpaired) electrons. The molecule has 0 spiro atoms. The Bertz CT molecular complexity index is 447. The van der Waals surface area contributed by atoms with Crippen molar-refractivity contribution in [2.45, 2.75) is 51.2 Å². The van der Waals surface area contributed by atoms with Gasteiger partial charge in [0.2, 0.25) is 0 Å². The molecule has 1 aliphatic carbocycles. The van der Waals surface area contributed by atoms with Crippen LogP contribution in [0.15, 0.2) is 18.2 Å². The Kier molecular flexibility index (Phi) is 4.58. The molecule has 1 heterocycles. The number of benzene rings is 1. The van der Waals surface area contributed by atoms with Crippen LogP contribution in [0.25, 0.3) is 0 Å². The zero-order chi connectivity index (χ0) is 13.8. The second-order valence-electron chi connectivity index (χ2n) is 5.86. The van der Waals surface area contributed by atoms with Crippen LogP contribution in [-0.4, -0.2) is 31.9 Å². The van der Waals surface area contributed by atoms with E-state index in [1.165, 1.54) is 30.4 Å². The van der Waals surface area contributed by atoms with E-state index in [2.05, 4.69) is 30.4 Å². The van der Waals surface area contributed by atoms with Crippen molar-refractivity contribution in [2.24, 2.45) is 0 Å². The SMILES string of the molecule is CCNCC1CCC(COc2ccc3c(c2)CCC3)O1. The van der Waals surface area contributed by atoms with Gasteiger partial charge in [-0.05, 0) is 61.9 Å². The normalized spacial score (nSPS) is 24.9. The zero-order valence-corrected chi connectivity index (χ0v) is 12.4. The summed E-state index contributed by atoms with van der Waals surface area (Å²) in [6.07, 6.45) is 6.60. The van der Waals surface area contributed by atoms with Gasteiger partial charge in [0.1, 0.15) is 12.4 Å². The van der Waals surface area contributed by atoms with E-state index >= 15 is 0 Å². The van der Waals surface area contributed by atoms with Crippen LogP contribution < -0.4 is 10.1 Å². The maximum atomic E-state index is 5.99. The molecule has 0 bridgehead atoms. The molecule has 1 aromatic rings. The lowest BCUT2D eigenvalue weighted by Gasteiger charge is -2.15. The van der Waals surface area contributed by atoms with Crippen molar-refractivity contribution >= 4 is 0 Å². The lowest BCUT2D eigenvalue weighted by atomic mass is 10.1. The summed E-state index contributed by atoms with van der Waals surface area (Å²) in [5, 5.41) is 3.35. The first kappa shape index (κ1) is 13.9. The Morgan fingerprint density at radius 1 is 1.20 bits per heavy atom. The number of nitrogens with one attached hydrogen (secondary N) is 1. The molecule has 2 atom stereocenters. The number of likely N-dealkylation sites (N-methyl/N-ethyl adjacent to an activating group) is 1. The lowest BCUT2D eigenvalue weighted by Crippen LogP contribution is -2.28. The molecule has 1 N–H and O–H groups in total. The molecule has 0 aromatic heterocycles. The average molecular weight is 275 g/mol. The van der Waals surface area contributed by atoms with Crippen molar-refractivity contribution < 1.29 is 9.47 Å². The predicted molar refractivity (Wildman–Crippen MR) is 80.4 cm³/mol. The fraction of sp³-hybridized carbons (Fsp3) is 0.647. The van der Waals surface area contributed by atoms with E-state index in [4.69, 9.17) is 9.47 Å². The van der Waals surface area contributed by atoms with Crippen molar-refractivity contribution in [3.05, 3.63) is 29.3 Å².